The van der Waals surface area contributed by atoms with Crippen molar-refractivity contribution in [3.05, 3.63) is 0 Å². The van der Waals surface area contributed by atoms with Gasteiger partial charge < -0.3 is 5.11 Å². The molecular formula is C11H17N5O3. The Morgan fingerprint density at radius 2 is 2.05 bits per heavy atom. The topological polar surface area (TPSA) is 110 Å². The molecule has 8 nitrogen and oxygen atoms in total. The van der Waals surface area contributed by atoms with Crippen molar-refractivity contribution >= 4 is 17.8 Å². The molecule has 1 aromatic heterocycles. The number of aromatic nitrogens is 4. The number of carbonyl (C=O) groups excluding carboxylic acids is 1. The van der Waals surface area contributed by atoms with Crippen LogP contribution < -0.4 is 5.32 Å². The van der Waals surface area contributed by atoms with Gasteiger partial charge in [-0.2, -0.15) is 4.80 Å². The average Bonchev–Trinajstić information content (AvgIpc) is 2.75. The van der Waals surface area contributed by atoms with E-state index in [0.717, 1.165) is 19.3 Å². The first-order valence-corrected chi connectivity index (χ1v) is 6.29. The number of anilines is 1. The molecule has 19 heavy (non-hydrogen) atoms. The van der Waals surface area contributed by atoms with Crippen LogP contribution in [0.3, 0.4) is 0 Å². The first-order chi connectivity index (χ1) is 9.02. The van der Waals surface area contributed by atoms with Gasteiger partial charge in [0.15, 0.2) is 0 Å². The number of rotatable bonds is 4. The Morgan fingerprint density at radius 1 is 1.37 bits per heavy atom. The molecule has 1 fully saturated rings. The van der Waals surface area contributed by atoms with Crippen molar-refractivity contribution in [2.45, 2.75) is 38.5 Å². The Hall–Kier alpha value is -1.99. The molecule has 1 heterocycles. The van der Waals surface area contributed by atoms with Gasteiger partial charge in [0, 0.05) is 6.42 Å². The molecule has 0 spiro atoms. The van der Waals surface area contributed by atoms with Gasteiger partial charge in [0.1, 0.15) is 0 Å². The van der Waals surface area contributed by atoms with Crippen molar-refractivity contribution in [3.8, 4) is 0 Å². The predicted octanol–water partition coefficient (Wildman–Crippen LogP) is 0.574. The van der Waals surface area contributed by atoms with Crippen LogP contribution in [0.5, 0.6) is 0 Å². The van der Waals surface area contributed by atoms with Crippen molar-refractivity contribution in [1.82, 2.24) is 20.2 Å². The molecule has 1 aromatic rings. The molecule has 2 N–H and O–H groups in total. The Morgan fingerprint density at radius 3 is 2.58 bits per heavy atom. The smallest absolute Gasteiger partial charge is 0.310 e. The summed E-state index contributed by atoms with van der Waals surface area (Å²) in [6.07, 6.45) is 3.78. The van der Waals surface area contributed by atoms with E-state index in [4.69, 9.17) is 0 Å². The highest BCUT2D eigenvalue weighted by molar-refractivity contribution is 5.92. The molecule has 0 aliphatic heterocycles. The van der Waals surface area contributed by atoms with Gasteiger partial charge in [-0.15, -0.1) is 5.10 Å². The van der Waals surface area contributed by atoms with E-state index in [1.165, 1.54) is 4.80 Å². The van der Waals surface area contributed by atoms with Gasteiger partial charge in [0.05, 0.1) is 12.5 Å². The molecule has 0 unspecified atom stereocenters. The Kier molecular flexibility index (Phi) is 3.77. The number of aryl methyl sites for hydroxylation is 1. The third kappa shape index (κ3) is 3.07. The number of nitrogens with zero attached hydrogens (tertiary/aromatic N) is 4. The van der Waals surface area contributed by atoms with Gasteiger partial charge in [-0.3, -0.25) is 14.9 Å². The van der Waals surface area contributed by atoms with Crippen LogP contribution in [0.1, 0.15) is 38.5 Å². The van der Waals surface area contributed by atoms with Crippen LogP contribution in [0, 0.1) is 5.41 Å². The lowest BCUT2D eigenvalue weighted by Gasteiger charge is -2.32. The molecule has 104 valence electrons. The third-order valence-electron chi connectivity index (χ3n) is 3.52. The molecule has 1 saturated carbocycles. The fourth-order valence-corrected chi connectivity index (χ4v) is 2.51. The van der Waals surface area contributed by atoms with Gasteiger partial charge in [-0.25, -0.2) is 0 Å². The van der Waals surface area contributed by atoms with Crippen molar-refractivity contribution in [3.63, 3.8) is 0 Å². The highest BCUT2D eigenvalue weighted by Gasteiger charge is 2.41. The van der Waals surface area contributed by atoms with E-state index in [0.29, 0.717) is 12.8 Å². The molecule has 1 amide bonds. The monoisotopic (exact) mass is 267 g/mol. The van der Waals surface area contributed by atoms with Gasteiger partial charge >= 0.3 is 5.97 Å². The van der Waals surface area contributed by atoms with Crippen molar-refractivity contribution in [2.75, 3.05) is 5.32 Å². The normalized spacial score (nSPS) is 17.9. The van der Waals surface area contributed by atoms with E-state index < -0.39 is 11.4 Å². The summed E-state index contributed by atoms with van der Waals surface area (Å²) in [6, 6.07) is 0. The van der Waals surface area contributed by atoms with E-state index in [9.17, 15) is 14.7 Å². The largest absolute Gasteiger partial charge is 0.481 e. The van der Waals surface area contributed by atoms with E-state index in [1.807, 2.05) is 0 Å². The summed E-state index contributed by atoms with van der Waals surface area (Å²) in [5.74, 6) is -1.17. The number of carboxylic acid groups (broad SMARTS) is 1. The number of amides is 1. The summed E-state index contributed by atoms with van der Waals surface area (Å²) in [7, 11) is 1.59. The second-order valence-electron chi connectivity index (χ2n) is 4.97. The summed E-state index contributed by atoms with van der Waals surface area (Å²) in [5.41, 5.74) is -0.940. The molecule has 8 heteroatoms. The minimum Gasteiger partial charge on any atom is -0.481 e. The average molecular weight is 267 g/mol. The van der Waals surface area contributed by atoms with Crippen molar-refractivity contribution in [2.24, 2.45) is 12.5 Å². The third-order valence-corrected chi connectivity index (χ3v) is 3.52. The molecule has 0 saturated heterocycles. The zero-order valence-corrected chi connectivity index (χ0v) is 10.8. The Balaban J connectivity index is 2.01. The molecule has 2 rings (SSSR count). The molecule has 0 radical (unpaired) electrons. The van der Waals surface area contributed by atoms with Crippen LogP contribution in [-0.2, 0) is 16.6 Å². The lowest BCUT2D eigenvalue weighted by atomic mass is 9.71. The fraction of sp³-hybridized carbons (Fsp3) is 0.727. The molecular weight excluding hydrogens is 250 g/mol. The minimum atomic E-state index is -0.940. The van der Waals surface area contributed by atoms with Crippen molar-refractivity contribution in [1.29, 1.82) is 0 Å². The maximum absolute atomic E-state index is 11.9. The van der Waals surface area contributed by atoms with Gasteiger partial charge in [0.2, 0.25) is 5.91 Å². The zero-order valence-electron chi connectivity index (χ0n) is 10.8. The van der Waals surface area contributed by atoms with Crippen LogP contribution in [-0.4, -0.2) is 37.2 Å². The van der Waals surface area contributed by atoms with E-state index in [2.05, 4.69) is 20.7 Å². The zero-order chi connectivity index (χ0) is 13.9. The SMILES string of the molecule is Cn1nnc(NC(=O)CC2(C(=O)O)CCCCC2)n1. The van der Waals surface area contributed by atoms with Gasteiger partial charge in [-0.1, -0.05) is 24.4 Å². The predicted molar refractivity (Wildman–Crippen MR) is 65.2 cm³/mol. The summed E-state index contributed by atoms with van der Waals surface area (Å²) < 4.78 is 0. The van der Waals surface area contributed by atoms with Crippen LogP contribution in [0.2, 0.25) is 0 Å². The quantitative estimate of drug-likeness (QED) is 0.825. The first kappa shape index (κ1) is 13.4. The number of hydrogen-bond donors (Lipinski definition) is 2. The number of carbonyl (C=O) groups is 2. The molecule has 0 atom stereocenters. The number of hydrogen-bond acceptors (Lipinski definition) is 5. The maximum atomic E-state index is 11.9. The van der Waals surface area contributed by atoms with E-state index >= 15 is 0 Å². The fourth-order valence-electron chi connectivity index (χ4n) is 2.51. The number of carboxylic acids is 1. The second kappa shape index (κ2) is 5.33. The van der Waals surface area contributed by atoms with Crippen LogP contribution in [0.25, 0.3) is 0 Å². The van der Waals surface area contributed by atoms with Crippen molar-refractivity contribution < 1.29 is 14.7 Å². The molecule has 1 aliphatic rings. The number of nitrogens with one attached hydrogen (secondary N) is 1. The van der Waals surface area contributed by atoms with Gasteiger partial charge in [0.25, 0.3) is 5.95 Å². The first-order valence-electron chi connectivity index (χ1n) is 6.29. The van der Waals surface area contributed by atoms with Crippen LogP contribution in [0.15, 0.2) is 0 Å². The standard InChI is InChI=1S/C11H17N5O3/c1-16-14-10(13-15-16)12-8(17)7-11(9(18)19)5-3-2-4-6-11/h2-7H2,1H3,(H,18,19)(H,12,14,17). The maximum Gasteiger partial charge on any atom is 0.310 e. The Bertz CT molecular complexity index is 478. The summed E-state index contributed by atoms with van der Waals surface area (Å²) in [6.45, 7) is 0. The number of tetrazole rings is 1. The summed E-state index contributed by atoms with van der Waals surface area (Å²) >= 11 is 0. The minimum absolute atomic E-state index is 0.0411. The van der Waals surface area contributed by atoms with E-state index in [-0.39, 0.29) is 18.3 Å². The van der Waals surface area contributed by atoms with Crippen LogP contribution >= 0.6 is 0 Å². The lowest BCUT2D eigenvalue weighted by molar-refractivity contribution is -0.153. The summed E-state index contributed by atoms with van der Waals surface area (Å²) in [4.78, 5) is 24.6. The number of aliphatic carboxylic acids is 1. The lowest BCUT2D eigenvalue weighted by Crippen LogP contribution is -2.37. The highest BCUT2D eigenvalue weighted by Crippen LogP contribution is 2.39. The van der Waals surface area contributed by atoms with Crippen LogP contribution in [0.4, 0.5) is 5.95 Å². The molecule has 1 aliphatic carbocycles. The van der Waals surface area contributed by atoms with E-state index in [1.54, 1.807) is 7.05 Å². The highest BCUT2D eigenvalue weighted by atomic mass is 16.4. The molecule has 0 bridgehead atoms. The summed E-state index contributed by atoms with van der Waals surface area (Å²) in [5, 5.41) is 22.9. The second-order valence-corrected chi connectivity index (χ2v) is 4.97. The Labute approximate surface area is 110 Å². The van der Waals surface area contributed by atoms with Gasteiger partial charge in [-0.05, 0) is 18.1 Å². The molecule has 0 aromatic carbocycles.